The monoisotopic (exact) mass is 325 g/mol. The van der Waals surface area contributed by atoms with Crippen molar-refractivity contribution in [2.24, 2.45) is 5.92 Å². The zero-order chi connectivity index (χ0) is 16.2. The van der Waals surface area contributed by atoms with Crippen LogP contribution in [0.15, 0.2) is 29.2 Å². The summed E-state index contributed by atoms with van der Waals surface area (Å²) in [5, 5.41) is 6.04. The lowest BCUT2D eigenvalue weighted by molar-refractivity contribution is -0.120. The Hall–Kier alpha value is -1.44. The van der Waals surface area contributed by atoms with E-state index in [9.17, 15) is 13.2 Å². The summed E-state index contributed by atoms with van der Waals surface area (Å²) in [7, 11) is -2.05. The molecule has 0 saturated heterocycles. The van der Waals surface area contributed by atoms with Gasteiger partial charge < -0.3 is 10.6 Å². The number of hydrogen-bond donors (Lipinski definition) is 3. The fraction of sp³-hybridized carbons (Fsp3) is 0.533. The lowest BCUT2D eigenvalue weighted by Gasteiger charge is -2.15. The van der Waals surface area contributed by atoms with Crippen LogP contribution in [0.1, 0.15) is 31.4 Å². The van der Waals surface area contributed by atoms with Crippen LogP contribution < -0.4 is 15.4 Å². The molecule has 0 radical (unpaired) electrons. The van der Waals surface area contributed by atoms with E-state index in [1.165, 1.54) is 32.0 Å². The van der Waals surface area contributed by atoms with Crippen LogP contribution in [0.4, 0.5) is 0 Å². The second-order valence-electron chi connectivity index (χ2n) is 5.64. The number of carbonyl (C=O) groups excluding carboxylic acids is 1. The van der Waals surface area contributed by atoms with Crippen LogP contribution in [-0.4, -0.2) is 34.5 Å². The number of carbonyl (C=O) groups is 1. The van der Waals surface area contributed by atoms with E-state index in [0.29, 0.717) is 6.54 Å². The third kappa shape index (κ3) is 4.79. The standard InChI is InChI=1S/C15H23N3O3S/c1-11(18-15(19)10-17-9-12-3-4-12)13-5-7-14(8-6-13)22(20,21)16-2/h5-8,11-12,16-17H,3-4,9-10H2,1-2H3,(H,18,19). The minimum atomic E-state index is -3.43. The third-order valence-electron chi connectivity index (χ3n) is 3.75. The lowest BCUT2D eigenvalue weighted by atomic mass is 10.1. The van der Waals surface area contributed by atoms with Crippen molar-refractivity contribution < 1.29 is 13.2 Å². The second kappa shape index (κ2) is 7.21. The van der Waals surface area contributed by atoms with Crippen LogP contribution in [0.2, 0.25) is 0 Å². The van der Waals surface area contributed by atoms with Gasteiger partial charge in [-0.25, -0.2) is 13.1 Å². The predicted molar refractivity (Wildman–Crippen MR) is 84.8 cm³/mol. The Morgan fingerprint density at radius 1 is 1.27 bits per heavy atom. The van der Waals surface area contributed by atoms with Crippen molar-refractivity contribution >= 4 is 15.9 Å². The quantitative estimate of drug-likeness (QED) is 0.659. The smallest absolute Gasteiger partial charge is 0.240 e. The van der Waals surface area contributed by atoms with Crippen molar-refractivity contribution in [3.05, 3.63) is 29.8 Å². The Kier molecular flexibility index (Phi) is 5.55. The van der Waals surface area contributed by atoms with Crippen molar-refractivity contribution in [2.45, 2.75) is 30.7 Å². The van der Waals surface area contributed by atoms with Gasteiger partial charge in [0, 0.05) is 0 Å². The highest BCUT2D eigenvalue weighted by molar-refractivity contribution is 7.89. The molecule has 0 heterocycles. The van der Waals surface area contributed by atoms with E-state index in [1.807, 2.05) is 6.92 Å². The Bertz CT molecular complexity index is 609. The lowest BCUT2D eigenvalue weighted by Crippen LogP contribution is -2.36. The molecular weight excluding hydrogens is 302 g/mol. The van der Waals surface area contributed by atoms with Gasteiger partial charge in [0.25, 0.3) is 0 Å². The average Bonchev–Trinajstić information content (AvgIpc) is 3.31. The summed E-state index contributed by atoms with van der Waals surface area (Å²) >= 11 is 0. The van der Waals surface area contributed by atoms with Gasteiger partial charge in [-0.1, -0.05) is 12.1 Å². The third-order valence-corrected chi connectivity index (χ3v) is 5.18. The van der Waals surface area contributed by atoms with E-state index in [-0.39, 0.29) is 16.8 Å². The maximum absolute atomic E-state index is 11.8. The molecule has 1 aliphatic rings. The zero-order valence-electron chi connectivity index (χ0n) is 12.9. The highest BCUT2D eigenvalue weighted by Crippen LogP contribution is 2.27. The van der Waals surface area contributed by atoms with Crippen LogP contribution >= 0.6 is 0 Å². The molecule has 122 valence electrons. The Labute approximate surface area is 131 Å². The molecule has 0 spiro atoms. The van der Waals surface area contributed by atoms with Crippen molar-refractivity contribution in [1.29, 1.82) is 0 Å². The fourth-order valence-electron chi connectivity index (χ4n) is 2.14. The minimum absolute atomic E-state index is 0.0555. The molecule has 1 aromatic carbocycles. The molecule has 3 N–H and O–H groups in total. The van der Waals surface area contributed by atoms with Gasteiger partial charge in [-0.2, -0.15) is 0 Å². The average molecular weight is 325 g/mol. The van der Waals surface area contributed by atoms with Gasteiger partial charge in [0.1, 0.15) is 0 Å². The number of benzene rings is 1. The van der Waals surface area contributed by atoms with Crippen molar-refractivity contribution in [2.75, 3.05) is 20.1 Å². The number of nitrogens with one attached hydrogen (secondary N) is 3. The van der Waals surface area contributed by atoms with Crippen molar-refractivity contribution in [3.8, 4) is 0 Å². The number of rotatable bonds is 8. The van der Waals surface area contributed by atoms with Gasteiger partial charge in [0.2, 0.25) is 15.9 Å². The van der Waals surface area contributed by atoms with E-state index >= 15 is 0 Å². The summed E-state index contributed by atoms with van der Waals surface area (Å²) in [5.74, 6) is 0.687. The topological polar surface area (TPSA) is 87.3 Å². The molecule has 1 aromatic rings. The van der Waals surface area contributed by atoms with Gasteiger partial charge in [0.15, 0.2) is 0 Å². The Morgan fingerprint density at radius 2 is 1.91 bits per heavy atom. The zero-order valence-corrected chi connectivity index (χ0v) is 13.7. The van der Waals surface area contributed by atoms with Gasteiger partial charge in [-0.05, 0) is 57.0 Å². The van der Waals surface area contributed by atoms with E-state index in [1.54, 1.807) is 12.1 Å². The fourth-order valence-corrected chi connectivity index (χ4v) is 2.87. The van der Waals surface area contributed by atoms with Crippen molar-refractivity contribution in [1.82, 2.24) is 15.4 Å². The number of hydrogen-bond acceptors (Lipinski definition) is 4. The summed E-state index contributed by atoms with van der Waals surface area (Å²) in [6, 6.07) is 6.34. The highest BCUT2D eigenvalue weighted by atomic mass is 32.2. The number of sulfonamides is 1. The normalized spacial score (nSPS) is 16.3. The van der Waals surface area contributed by atoms with Gasteiger partial charge in [-0.3, -0.25) is 4.79 Å². The largest absolute Gasteiger partial charge is 0.348 e. The van der Waals surface area contributed by atoms with Gasteiger partial charge >= 0.3 is 0 Å². The predicted octanol–water partition coefficient (Wildman–Crippen LogP) is 0.772. The first-order chi connectivity index (χ1) is 10.4. The maximum atomic E-state index is 11.8. The van der Waals surface area contributed by atoms with Gasteiger partial charge in [0.05, 0.1) is 17.5 Å². The summed E-state index contributed by atoms with van der Waals surface area (Å²) in [5.41, 5.74) is 0.866. The molecule has 1 fully saturated rings. The van der Waals surface area contributed by atoms with E-state index in [2.05, 4.69) is 15.4 Å². The molecule has 7 heteroatoms. The molecular formula is C15H23N3O3S. The van der Waals surface area contributed by atoms with Gasteiger partial charge in [-0.15, -0.1) is 0 Å². The first kappa shape index (κ1) is 16.9. The van der Waals surface area contributed by atoms with Crippen LogP contribution in [0.5, 0.6) is 0 Å². The molecule has 1 aliphatic carbocycles. The van der Waals surface area contributed by atoms with Crippen LogP contribution in [0.3, 0.4) is 0 Å². The molecule has 22 heavy (non-hydrogen) atoms. The summed E-state index contributed by atoms with van der Waals surface area (Å²) in [4.78, 5) is 12.0. The van der Waals surface area contributed by atoms with Crippen LogP contribution in [0, 0.1) is 5.92 Å². The van der Waals surface area contributed by atoms with Crippen LogP contribution in [-0.2, 0) is 14.8 Å². The highest BCUT2D eigenvalue weighted by Gasteiger charge is 2.20. The summed E-state index contributed by atoms with van der Waals surface area (Å²) in [6.07, 6.45) is 2.51. The molecule has 0 aromatic heterocycles. The first-order valence-corrected chi connectivity index (χ1v) is 8.94. The van der Waals surface area contributed by atoms with Crippen molar-refractivity contribution in [3.63, 3.8) is 0 Å². The molecule has 1 atom stereocenters. The Balaban J connectivity index is 1.85. The minimum Gasteiger partial charge on any atom is -0.348 e. The molecule has 1 saturated carbocycles. The Morgan fingerprint density at radius 3 is 2.45 bits per heavy atom. The molecule has 0 bridgehead atoms. The second-order valence-corrected chi connectivity index (χ2v) is 7.53. The molecule has 1 amide bonds. The number of amides is 1. The molecule has 2 rings (SSSR count). The maximum Gasteiger partial charge on any atom is 0.240 e. The van der Waals surface area contributed by atoms with Crippen LogP contribution in [0.25, 0.3) is 0 Å². The molecule has 6 nitrogen and oxygen atoms in total. The molecule has 1 unspecified atom stereocenters. The summed E-state index contributed by atoms with van der Waals surface area (Å²) in [6.45, 7) is 3.09. The SMILES string of the molecule is CNS(=O)(=O)c1ccc(C(C)NC(=O)CNCC2CC2)cc1. The molecule has 0 aliphatic heterocycles. The van der Waals surface area contributed by atoms with E-state index in [0.717, 1.165) is 18.0 Å². The summed E-state index contributed by atoms with van der Waals surface area (Å²) < 4.78 is 25.6. The van der Waals surface area contributed by atoms with E-state index < -0.39 is 10.0 Å². The van der Waals surface area contributed by atoms with E-state index in [4.69, 9.17) is 0 Å². The first-order valence-electron chi connectivity index (χ1n) is 7.46.